The second kappa shape index (κ2) is 7.42. The van der Waals surface area contributed by atoms with E-state index in [9.17, 15) is 13.2 Å². The Kier molecular flexibility index (Phi) is 5.78. The predicted octanol–water partition coefficient (Wildman–Crippen LogP) is 0.825. The van der Waals surface area contributed by atoms with Crippen molar-refractivity contribution >= 4 is 15.9 Å². The summed E-state index contributed by atoms with van der Waals surface area (Å²) in [7, 11) is -3.58. The zero-order valence-corrected chi connectivity index (χ0v) is 14.4. The van der Waals surface area contributed by atoms with Crippen molar-refractivity contribution in [1.29, 1.82) is 0 Å². The van der Waals surface area contributed by atoms with Crippen molar-refractivity contribution in [2.24, 2.45) is 11.7 Å². The quantitative estimate of drug-likeness (QED) is 0.653. The Hall–Kier alpha value is -1.44. The van der Waals surface area contributed by atoms with Crippen molar-refractivity contribution in [2.45, 2.75) is 44.0 Å². The summed E-state index contributed by atoms with van der Waals surface area (Å²) in [5.74, 6) is 0.336. The maximum atomic E-state index is 12.2. The van der Waals surface area contributed by atoms with Crippen LogP contribution in [0.5, 0.6) is 0 Å². The lowest BCUT2D eigenvalue weighted by molar-refractivity contribution is -0.121. The fraction of sp³-hybridized carbons (Fsp3) is 0.562. The molecule has 23 heavy (non-hydrogen) atoms. The third-order valence-corrected chi connectivity index (χ3v) is 5.65. The van der Waals surface area contributed by atoms with Crippen molar-refractivity contribution in [2.75, 3.05) is 13.1 Å². The van der Waals surface area contributed by atoms with Crippen LogP contribution in [0.15, 0.2) is 23.1 Å². The molecule has 0 aromatic heterocycles. The van der Waals surface area contributed by atoms with E-state index in [1.807, 2.05) is 13.8 Å². The number of amides is 1. The standard InChI is InChI=1S/C16H25N3O3S/c1-11-3-6-14(9-12(11)2)23(21,22)19-8-7-16(20)18-10-15(17)13-4-5-13/h3,6,9,13,15,19H,4-5,7-8,10,17H2,1-2H3,(H,18,20). The number of carbonyl (C=O) groups is 1. The molecule has 1 aliphatic rings. The molecule has 0 heterocycles. The van der Waals surface area contributed by atoms with Crippen LogP contribution in [0.4, 0.5) is 0 Å². The van der Waals surface area contributed by atoms with Gasteiger partial charge in [-0.2, -0.15) is 0 Å². The highest BCUT2D eigenvalue weighted by molar-refractivity contribution is 7.89. The maximum Gasteiger partial charge on any atom is 0.240 e. The van der Waals surface area contributed by atoms with Crippen LogP contribution in [-0.4, -0.2) is 33.5 Å². The van der Waals surface area contributed by atoms with Gasteiger partial charge < -0.3 is 11.1 Å². The average molecular weight is 339 g/mol. The number of nitrogens with two attached hydrogens (primary N) is 1. The van der Waals surface area contributed by atoms with Crippen LogP contribution in [0.25, 0.3) is 0 Å². The van der Waals surface area contributed by atoms with Gasteiger partial charge in [0.1, 0.15) is 0 Å². The lowest BCUT2D eigenvalue weighted by atomic mass is 10.1. The second-order valence-corrected chi connectivity index (χ2v) is 7.97. The van der Waals surface area contributed by atoms with E-state index in [1.54, 1.807) is 18.2 Å². The Bertz CT molecular complexity index is 669. The van der Waals surface area contributed by atoms with Crippen molar-refractivity contribution in [3.8, 4) is 0 Å². The molecule has 1 aliphatic carbocycles. The Morgan fingerprint density at radius 1 is 1.30 bits per heavy atom. The summed E-state index contributed by atoms with van der Waals surface area (Å²) in [5, 5.41) is 2.75. The van der Waals surface area contributed by atoms with E-state index in [0.717, 1.165) is 24.0 Å². The molecular formula is C16H25N3O3S. The Morgan fingerprint density at radius 2 is 2.00 bits per heavy atom. The van der Waals surface area contributed by atoms with E-state index in [0.29, 0.717) is 12.5 Å². The monoisotopic (exact) mass is 339 g/mol. The number of nitrogens with one attached hydrogen (secondary N) is 2. The van der Waals surface area contributed by atoms with Crippen molar-refractivity contribution in [3.63, 3.8) is 0 Å². The van der Waals surface area contributed by atoms with E-state index in [-0.39, 0.29) is 29.8 Å². The number of rotatable bonds is 8. The Morgan fingerprint density at radius 3 is 2.61 bits per heavy atom. The van der Waals surface area contributed by atoms with E-state index in [2.05, 4.69) is 10.0 Å². The fourth-order valence-electron chi connectivity index (χ4n) is 2.27. The summed E-state index contributed by atoms with van der Waals surface area (Å²) >= 11 is 0. The van der Waals surface area contributed by atoms with Crippen molar-refractivity contribution < 1.29 is 13.2 Å². The van der Waals surface area contributed by atoms with Crippen LogP contribution in [0.1, 0.15) is 30.4 Å². The molecule has 1 saturated carbocycles. The van der Waals surface area contributed by atoms with E-state index in [1.165, 1.54) is 0 Å². The minimum atomic E-state index is -3.58. The van der Waals surface area contributed by atoms with Crippen LogP contribution < -0.4 is 15.8 Å². The van der Waals surface area contributed by atoms with E-state index >= 15 is 0 Å². The second-order valence-electron chi connectivity index (χ2n) is 6.20. The van der Waals surface area contributed by atoms with Gasteiger partial charge in [-0.05, 0) is 55.9 Å². The molecule has 128 valence electrons. The highest BCUT2D eigenvalue weighted by atomic mass is 32.2. The van der Waals surface area contributed by atoms with Gasteiger partial charge in [0.25, 0.3) is 0 Å². The number of sulfonamides is 1. The molecule has 1 amide bonds. The molecule has 0 aliphatic heterocycles. The highest BCUT2D eigenvalue weighted by Crippen LogP contribution is 2.31. The molecule has 1 atom stereocenters. The summed E-state index contributed by atoms with van der Waals surface area (Å²) in [6.45, 7) is 4.31. The smallest absolute Gasteiger partial charge is 0.240 e. The summed E-state index contributed by atoms with van der Waals surface area (Å²) in [4.78, 5) is 11.9. The first-order valence-corrected chi connectivity index (χ1v) is 9.37. The number of carbonyl (C=O) groups excluding carboxylic acids is 1. The van der Waals surface area contributed by atoms with Gasteiger partial charge in [-0.3, -0.25) is 4.79 Å². The topological polar surface area (TPSA) is 101 Å². The normalized spacial score (nSPS) is 16.1. The first-order chi connectivity index (χ1) is 10.8. The SMILES string of the molecule is Cc1ccc(S(=O)(=O)NCCC(=O)NCC(N)C2CC2)cc1C. The lowest BCUT2D eigenvalue weighted by Gasteiger charge is -2.12. The molecule has 7 heteroatoms. The fourth-order valence-corrected chi connectivity index (χ4v) is 3.39. The van der Waals surface area contributed by atoms with E-state index in [4.69, 9.17) is 5.73 Å². The highest BCUT2D eigenvalue weighted by Gasteiger charge is 2.28. The summed E-state index contributed by atoms with van der Waals surface area (Å²) in [6.07, 6.45) is 2.36. The predicted molar refractivity (Wildman–Crippen MR) is 89.4 cm³/mol. The minimum Gasteiger partial charge on any atom is -0.354 e. The maximum absolute atomic E-state index is 12.2. The first kappa shape index (κ1) is 17.9. The summed E-state index contributed by atoms with van der Waals surface area (Å²) in [6, 6.07) is 4.98. The van der Waals surface area contributed by atoms with Gasteiger partial charge in [-0.25, -0.2) is 13.1 Å². The molecule has 0 spiro atoms. The van der Waals surface area contributed by atoms with Crippen molar-refractivity contribution in [1.82, 2.24) is 10.0 Å². The Labute approximate surface area is 137 Å². The molecule has 0 saturated heterocycles. The van der Waals surface area contributed by atoms with Gasteiger partial charge in [-0.1, -0.05) is 6.07 Å². The van der Waals surface area contributed by atoms with Gasteiger partial charge in [-0.15, -0.1) is 0 Å². The molecule has 1 fully saturated rings. The molecule has 0 radical (unpaired) electrons. The van der Waals surface area contributed by atoms with Crippen LogP contribution in [-0.2, 0) is 14.8 Å². The third kappa shape index (κ3) is 5.30. The third-order valence-electron chi connectivity index (χ3n) is 4.20. The van der Waals surface area contributed by atoms with Crippen molar-refractivity contribution in [3.05, 3.63) is 29.3 Å². The number of hydrogen-bond donors (Lipinski definition) is 3. The molecule has 4 N–H and O–H groups in total. The van der Waals surface area contributed by atoms with Crippen LogP contribution in [0, 0.1) is 19.8 Å². The van der Waals surface area contributed by atoms with Gasteiger partial charge in [0.05, 0.1) is 4.90 Å². The summed E-state index contributed by atoms with van der Waals surface area (Å²) < 4.78 is 26.8. The van der Waals surface area contributed by atoms with Crippen LogP contribution >= 0.6 is 0 Å². The van der Waals surface area contributed by atoms with Gasteiger partial charge >= 0.3 is 0 Å². The molecular weight excluding hydrogens is 314 g/mol. The minimum absolute atomic E-state index is 0.00572. The number of aryl methyl sites for hydroxylation is 2. The van der Waals surface area contributed by atoms with E-state index < -0.39 is 10.0 Å². The molecule has 1 unspecified atom stereocenters. The van der Waals surface area contributed by atoms with Crippen LogP contribution in [0.2, 0.25) is 0 Å². The summed E-state index contributed by atoms with van der Waals surface area (Å²) in [5.41, 5.74) is 7.86. The molecule has 0 bridgehead atoms. The number of hydrogen-bond acceptors (Lipinski definition) is 4. The van der Waals surface area contributed by atoms with Gasteiger partial charge in [0.2, 0.25) is 15.9 Å². The zero-order chi connectivity index (χ0) is 17.0. The molecule has 1 aromatic carbocycles. The molecule has 2 rings (SSSR count). The van der Waals surface area contributed by atoms with Crippen LogP contribution in [0.3, 0.4) is 0 Å². The largest absolute Gasteiger partial charge is 0.354 e. The zero-order valence-electron chi connectivity index (χ0n) is 13.6. The lowest BCUT2D eigenvalue weighted by Crippen LogP contribution is -2.39. The number of benzene rings is 1. The van der Waals surface area contributed by atoms with Gasteiger partial charge in [0.15, 0.2) is 0 Å². The molecule has 6 nitrogen and oxygen atoms in total. The Balaban J connectivity index is 1.77. The van der Waals surface area contributed by atoms with Gasteiger partial charge in [0, 0.05) is 25.6 Å². The first-order valence-electron chi connectivity index (χ1n) is 7.89. The average Bonchev–Trinajstić information content (AvgIpc) is 3.32. The molecule has 1 aromatic rings.